The van der Waals surface area contributed by atoms with Gasteiger partial charge in [0.05, 0.1) is 12.0 Å². The maximum absolute atomic E-state index is 12.4. The maximum Gasteiger partial charge on any atom is 0.304 e. The molecule has 0 radical (unpaired) electrons. The molecule has 2 bridgehead atoms. The molecule has 1 aliphatic heterocycles. The molecule has 1 saturated carbocycles. The second-order valence-electron chi connectivity index (χ2n) is 13.6. The Morgan fingerprint density at radius 2 is 1.57 bits per heavy atom. The molecule has 0 amide bonds. The molecular formula is C45H37O5S4+. The van der Waals surface area contributed by atoms with Crippen LogP contribution in [0.3, 0.4) is 0 Å². The molecule has 1 fully saturated rings. The van der Waals surface area contributed by atoms with E-state index in [-0.39, 0.29) is 11.3 Å². The first-order valence-electron chi connectivity index (χ1n) is 17.9. The van der Waals surface area contributed by atoms with Crippen molar-refractivity contribution in [2.75, 3.05) is 5.75 Å². The third-order valence-corrected chi connectivity index (χ3v) is 14.5. The zero-order valence-electron chi connectivity index (χ0n) is 29.2. The van der Waals surface area contributed by atoms with Gasteiger partial charge in [-0.3, -0.25) is 9.35 Å². The first kappa shape index (κ1) is 36.5. The molecule has 2 atom stereocenters. The van der Waals surface area contributed by atoms with Gasteiger partial charge in [0.25, 0.3) is 10.1 Å². The molecule has 5 nitrogen and oxygen atoms in total. The molecule has 54 heavy (non-hydrogen) atoms. The van der Waals surface area contributed by atoms with E-state index in [0.717, 1.165) is 50.3 Å². The Hall–Kier alpha value is -4.51. The average Bonchev–Trinajstić information content (AvgIpc) is 3.62. The van der Waals surface area contributed by atoms with Gasteiger partial charge < -0.3 is 5.11 Å². The topological polar surface area (TPSA) is 91.7 Å². The lowest BCUT2D eigenvalue weighted by Gasteiger charge is -2.28. The molecule has 8 rings (SSSR count). The number of carbonyl (C=O) groups is 1. The first-order valence-corrected chi connectivity index (χ1v) is 21.9. The summed E-state index contributed by atoms with van der Waals surface area (Å²) in [7, 11) is -4.44. The van der Waals surface area contributed by atoms with Gasteiger partial charge in [-0.15, -0.1) is 11.8 Å². The fraction of sp³-hybridized carbons (Fsp3) is 0.156. The van der Waals surface area contributed by atoms with E-state index in [1.54, 1.807) is 41.7 Å². The van der Waals surface area contributed by atoms with E-state index >= 15 is 0 Å². The summed E-state index contributed by atoms with van der Waals surface area (Å²) in [6.07, 6.45) is 14.4. The highest BCUT2D eigenvalue weighted by atomic mass is 32.2. The number of thioether (sulfide) groups is 2. The summed E-state index contributed by atoms with van der Waals surface area (Å²) in [6, 6.07) is 35.6. The van der Waals surface area contributed by atoms with E-state index in [2.05, 4.69) is 85.0 Å². The molecule has 2 aliphatic carbocycles. The second-order valence-corrected chi connectivity index (χ2v) is 18.2. The summed E-state index contributed by atoms with van der Waals surface area (Å²) in [6.45, 7) is 0. The molecule has 3 aliphatic rings. The van der Waals surface area contributed by atoms with Gasteiger partial charge in [-0.1, -0.05) is 109 Å². The highest BCUT2D eigenvalue weighted by Crippen LogP contribution is 2.53. The minimum atomic E-state index is -4.44. The van der Waals surface area contributed by atoms with E-state index in [1.807, 2.05) is 30.3 Å². The van der Waals surface area contributed by atoms with Crippen LogP contribution in [0.5, 0.6) is 0 Å². The SMILES string of the molecule is O=C(O)CCSC1=C(/C=C/c2cc(-c3ccccc3S(=O)(=O)O)[s+]c3ccccc23)C2CCC(C2)/C1=C\C=C1/C=C(c2ccccc2)Sc2ccccc21. The molecule has 2 unspecified atom stereocenters. The van der Waals surface area contributed by atoms with Crippen LogP contribution >= 0.6 is 34.9 Å². The molecule has 5 aromatic rings. The monoisotopic (exact) mass is 785 g/mol. The number of allylic oxidation sites excluding steroid dienone is 7. The zero-order valence-corrected chi connectivity index (χ0v) is 32.5. The van der Waals surface area contributed by atoms with Crippen molar-refractivity contribution < 1.29 is 22.9 Å². The van der Waals surface area contributed by atoms with E-state index in [1.165, 1.54) is 49.5 Å². The molecule has 2 N–H and O–H groups in total. The van der Waals surface area contributed by atoms with Crippen LogP contribution in [0, 0.1) is 11.8 Å². The van der Waals surface area contributed by atoms with Crippen LogP contribution in [0.25, 0.3) is 37.1 Å². The summed E-state index contributed by atoms with van der Waals surface area (Å²) in [5.74, 6) is 0.415. The van der Waals surface area contributed by atoms with Gasteiger partial charge >= 0.3 is 5.97 Å². The van der Waals surface area contributed by atoms with Crippen LogP contribution in [-0.4, -0.2) is 29.8 Å². The number of carboxylic acids is 1. The van der Waals surface area contributed by atoms with Crippen LogP contribution in [0.2, 0.25) is 0 Å². The fourth-order valence-electron chi connectivity index (χ4n) is 7.64. The van der Waals surface area contributed by atoms with Crippen molar-refractivity contribution in [3.8, 4) is 10.4 Å². The standard InChI is InChI=1S/C45H36O5S4/c46-44(47)24-25-51-45-36(22-20-32-27-41(29-10-2-1-3-11-29)52-39-15-7-4-12-34(32)39)30-18-19-31(26-30)37(45)23-21-33-28-42(53-40-16-8-5-13-35(33)40)38-14-6-9-17-43(38)54(48,49)50/h1-17,20-23,27-28,30-31H,18-19,24-26H2,(H-,46,47,48,49,50)/p+1. The maximum atomic E-state index is 12.4. The van der Waals surface area contributed by atoms with E-state index in [9.17, 15) is 22.9 Å². The molecule has 0 saturated heterocycles. The van der Waals surface area contributed by atoms with E-state index < -0.39 is 16.1 Å². The van der Waals surface area contributed by atoms with Crippen molar-refractivity contribution in [2.24, 2.45) is 11.8 Å². The smallest absolute Gasteiger partial charge is 0.304 e. The highest BCUT2D eigenvalue weighted by Gasteiger charge is 2.37. The van der Waals surface area contributed by atoms with Crippen molar-refractivity contribution in [1.82, 2.24) is 0 Å². The summed E-state index contributed by atoms with van der Waals surface area (Å²) in [5, 5.41) is 10.6. The van der Waals surface area contributed by atoms with Crippen molar-refractivity contribution in [2.45, 2.75) is 35.5 Å². The number of benzene rings is 4. The summed E-state index contributed by atoms with van der Waals surface area (Å²) in [5.41, 5.74) is 7.41. The molecule has 270 valence electrons. The molecular weight excluding hydrogens is 749 g/mol. The van der Waals surface area contributed by atoms with E-state index in [4.69, 9.17) is 0 Å². The molecule has 9 heteroatoms. The molecule has 0 spiro atoms. The number of hydrogen-bond acceptors (Lipinski definition) is 5. The van der Waals surface area contributed by atoms with Crippen molar-refractivity contribution in [1.29, 1.82) is 0 Å². The first-order chi connectivity index (χ1) is 26.2. The Bertz CT molecular complexity index is 2550. The zero-order chi connectivity index (χ0) is 37.2. The van der Waals surface area contributed by atoms with Gasteiger partial charge in [0.15, 0.2) is 0 Å². The van der Waals surface area contributed by atoms with Crippen molar-refractivity contribution >= 4 is 77.6 Å². The largest absolute Gasteiger partial charge is 0.481 e. The minimum Gasteiger partial charge on any atom is -0.481 e. The van der Waals surface area contributed by atoms with E-state index in [0.29, 0.717) is 23.2 Å². The third-order valence-electron chi connectivity index (χ3n) is 10.2. The van der Waals surface area contributed by atoms with Crippen LogP contribution in [0.4, 0.5) is 0 Å². The van der Waals surface area contributed by atoms with Gasteiger partial charge in [0.1, 0.15) is 4.90 Å². The summed E-state index contributed by atoms with van der Waals surface area (Å²) >= 11 is 4.91. The van der Waals surface area contributed by atoms with Gasteiger partial charge in [-0.05, 0) is 94.8 Å². The van der Waals surface area contributed by atoms with Gasteiger partial charge in [-0.25, -0.2) is 0 Å². The van der Waals surface area contributed by atoms with Crippen LogP contribution in [0.1, 0.15) is 42.4 Å². The predicted molar refractivity (Wildman–Crippen MR) is 226 cm³/mol. The number of carboxylic acid groups (broad SMARTS) is 1. The highest BCUT2D eigenvalue weighted by molar-refractivity contribution is 8.08. The normalized spacial score (nSPS) is 19.8. The Balaban J connectivity index is 1.25. The summed E-state index contributed by atoms with van der Waals surface area (Å²) in [4.78, 5) is 15.9. The quantitative estimate of drug-likeness (QED) is 0.108. The van der Waals surface area contributed by atoms with Crippen LogP contribution in [-0.2, 0) is 14.9 Å². The van der Waals surface area contributed by atoms with Crippen molar-refractivity contribution in [3.05, 3.63) is 166 Å². The van der Waals surface area contributed by atoms with Crippen molar-refractivity contribution in [3.63, 3.8) is 0 Å². The number of rotatable bonds is 10. The minimum absolute atomic E-state index is 0.0733. The lowest BCUT2D eigenvalue weighted by atomic mass is 9.84. The van der Waals surface area contributed by atoms with Gasteiger partial charge in [-0.2, -0.15) is 8.42 Å². The molecule has 2 heterocycles. The number of aliphatic carboxylic acids is 1. The second kappa shape index (κ2) is 15.7. The Kier molecular flexibility index (Phi) is 10.6. The Morgan fingerprint density at radius 3 is 2.39 bits per heavy atom. The third kappa shape index (κ3) is 7.70. The van der Waals surface area contributed by atoms with Crippen LogP contribution in [0.15, 0.2) is 159 Å². The average molecular weight is 786 g/mol. The Labute approximate surface area is 328 Å². The lowest BCUT2D eigenvalue weighted by molar-refractivity contribution is -0.136. The predicted octanol–water partition coefficient (Wildman–Crippen LogP) is 12.2. The Morgan fingerprint density at radius 1 is 0.852 bits per heavy atom. The number of fused-ring (bicyclic) bond motifs is 4. The van der Waals surface area contributed by atoms with Crippen LogP contribution < -0.4 is 0 Å². The number of hydrogen-bond donors (Lipinski definition) is 2. The summed E-state index contributed by atoms with van der Waals surface area (Å²) < 4.78 is 35.8. The molecule has 1 aromatic heterocycles. The lowest BCUT2D eigenvalue weighted by Crippen LogP contribution is -2.13. The van der Waals surface area contributed by atoms with Gasteiger partial charge in [0.2, 0.25) is 20.9 Å². The fourth-order valence-corrected chi connectivity index (χ4v) is 12.0. The van der Waals surface area contributed by atoms with Gasteiger partial charge in [0, 0.05) is 38.0 Å². The molecule has 4 aromatic carbocycles.